The molecule has 2 N–H and O–H groups in total. The number of anilines is 1. The van der Waals surface area contributed by atoms with Gasteiger partial charge in [0.15, 0.2) is 0 Å². The third-order valence-electron chi connectivity index (χ3n) is 4.75. The van der Waals surface area contributed by atoms with E-state index in [1.807, 2.05) is 32.0 Å². The van der Waals surface area contributed by atoms with Crippen molar-refractivity contribution in [2.24, 2.45) is 0 Å². The molecule has 2 heterocycles. The summed E-state index contributed by atoms with van der Waals surface area (Å²) in [7, 11) is 0. The van der Waals surface area contributed by atoms with E-state index in [4.69, 9.17) is 0 Å². The van der Waals surface area contributed by atoms with E-state index in [0.29, 0.717) is 25.9 Å². The third kappa shape index (κ3) is 3.20. The van der Waals surface area contributed by atoms with Crippen LogP contribution >= 0.6 is 0 Å². The summed E-state index contributed by atoms with van der Waals surface area (Å²) in [5, 5.41) is 5.45. The van der Waals surface area contributed by atoms with E-state index in [0.717, 1.165) is 11.3 Å². The summed E-state index contributed by atoms with van der Waals surface area (Å²) in [5.74, 6) is -0.182. The summed E-state index contributed by atoms with van der Waals surface area (Å²) in [6.45, 7) is 5.17. The Morgan fingerprint density at radius 1 is 1.17 bits per heavy atom. The van der Waals surface area contributed by atoms with Crippen molar-refractivity contribution >= 4 is 23.7 Å². The number of carbonyl (C=O) groups excluding carboxylic acids is 3. The molecule has 0 saturated carbocycles. The highest BCUT2D eigenvalue weighted by Crippen LogP contribution is 2.20. The summed E-state index contributed by atoms with van der Waals surface area (Å²) in [4.78, 5) is 38.9. The van der Waals surface area contributed by atoms with Crippen LogP contribution in [-0.4, -0.2) is 53.4 Å². The SMILES string of the molecule is Cc1ccc(NC(=O)N2CCC(N3C(=O)CNC3=O)CC2)cc1C. The smallest absolute Gasteiger partial charge is 0.324 e. The van der Waals surface area contributed by atoms with E-state index in [2.05, 4.69) is 10.6 Å². The van der Waals surface area contributed by atoms with Gasteiger partial charge < -0.3 is 15.5 Å². The van der Waals surface area contributed by atoms with Crippen LogP contribution in [0.25, 0.3) is 0 Å². The molecule has 0 spiro atoms. The van der Waals surface area contributed by atoms with Gasteiger partial charge in [-0.25, -0.2) is 9.59 Å². The lowest BCUT2D eigenvalue weighted by Gasteiger charge is -2.35. The molecule has 24 heavy (non-hydrogen) atoms. The topological polar surface area (TPSA) is 81.8 Å². The Labute approximate surface area is 141 Å². The number of nitrogens with one attached hydrogen (secondary N) is 2. The number of imide groups is 1. The molecule has 0 atom stereocenters. The fourth-order valence-electron chi connectivity index (χ4n) is 3.15. The first-order chi connectivity index (χ1) is 11.5. The minimum absolute atomic E-state index is 0.0757. The van der Waals surface area contributed by atoms with Crippen molar-refractivity contribution in [3.8, 4) is 0 Å². The molecule has 2 aliphatic rings. The minimum Gasteiger partial charge on any atom is -0.329 e. The number of carbonyl (C=O) groups is 3. The van der Waals surface area contributed by atoms with E-state index in [1.165, 1.54) is 10.5 Å². The number of amides is 5. The number of hydrogen-bond acceptors (Lipinski definition) is 3. The molecule has 0 aliphatic carbocycles. The first kappa shape index (κ1) is 16.3. The maximum Gasteiger partial charge on any atom is 0.324 e. The number of likely N-dealkylation sites (tertiary alicyclic amines) is 1. The Hall–Kier alpha value is -2.57. The van der Waals surface area contributed by atoms with E-state index in [9.17, 15) is 14.4 Å². The molecular formula is C17H22N4O3. The van der Waals surface area contributed by atoms with Gasteiger partial charge in [0.05, 0.1) is 6.54 Å². The Kier molecular flexibility index (Phi) is 4.42. The van der Waals surface area contributed by atoms with Gasteiger partial charge in [-0.2, -0.15) is 0 Å². The standard InChI is InChI=1S/C17H22N4O3/c1-11-3-4-13(9-12(11)2)19-17(24)20-7-5-14(6-8-20)21-15(22)10-18-16(21)23/h3-4,9,14H,5-8,10H2,1-2H3,(H,18,23)(H,19,24). The van der Waals surface area contributed by atoms with Crippen LogP contribution < -0.4 is 10.6 Å². The fourth-order valence-corrected chi connectivity index (χ4v) is 3.15. The highest BCUT2D eigenvalue weighted by molar-refractivity contribution is 6.02. The van der Waals surface area contributed by atoms with Crippen LogP contribution in [0.2, 0.25) is 0 Å². The van der Waals surface area contributed by atoms with E-state index in [-0.39, 0.29) is 30.6 Å². The lowest BCUT2D eigenvalue weighted by atomic mass is 10.0. The predicted octanol–water partition coefficient (Wildman–Crippen LogP) is 1.85. The van der Waals surface area contributed by atoms with Crippen LogP contribution in [0.4, 0.5) is 15.3 Å². The lowest BCUT2D eigenvalue weighted by Crippen LogP contribution is -2.49. The molecule has 0 bridgehead atoms. The van der Waals surface area contributed by atoms with Crippen molar-refractivity contribution in [3.05, 3.63) is 29.3 Å². The van der Waals surface area contributed by atoms with Crippen LogP contribution in [0.5, 0.6) is 0 Å². The monoisotopic (exact) mass is 330 g/mol. The van der Waals surface area contributed by atoms with Gasteiger partial charge in [-0.3, -0.25) is 9.69 Å². The van der Waals surface area contributed by atoms with Crippen molar-refractivity contribution in [1.29, 1.82) is 0 Å². The van der Waals surface area contributed by atoms with Gasteiger partial charge in [0.2, 0.25) is 5.91 Å². The van der Waals surface area contributed by atoms with E-state index >= 15 is 0 Å². The average Bonchev–Trinajstić information content (AvgIpc) is 2.90. The molecule has 0 aromatic heterocycles. The van der Waals surface area contributed by atoms with Crippen molar-refractivity contribution < 1.29 is 14.4 Å². The van der Waals surface area contributed by atoms with Crippen LogP contribution in [0.15, 0.2) is 18.2 Å². The predicted molar refractivity (Wildman–Crippen MR) is 89.8 cm³/mol. The zero-order valence-corrected chi connectivity index (χ0v) is 14.0. The van der Waals surface area contributed by atoms with Gasteiger partial charge in [-0.05, 0) is 49.9 Å². The molecule has 2 saturated heterocycles. The quantitative estimate of drug-likeness (QED) is 0.812. The minimum atomic E-state index is -0.321. The Morgan fingerprint density at radius 3 is 2.46 bits per heavy atom. The second-order valence-corrected chi connectivity index (χ2v) is 6.37. The number of urea groups is 2. The normalized spacial score (nSPS) is 18.8. The van der Waals surface area contributed by atoms with Crippen LogP contribution in [0.3, 0.4) is 0 Å². The molecule has 3 rings (SSSR count). The molecule has 1 aromatic rings. The van der Waals surface area contributed by atoms with Crippen molar-refractivity contribution in [1.82, 2.24) is 15.1 Å². The summed E-state index contributed by atoms with van der Waals surface area (Å²) in [6, 6.07) is 5.24. The zero-order chi connectivity index (χ0) is 17.3. The highest BCUT2D eigenvalue weighted by Gasteiger charge is 2.37. The van der Waals surface area contributed by atoms with Gasteiger partial charge in [-0.15, -0.1) is 0 Å². The molecule has 0 unspecified atom stereocenters. The molecule has 0 radical (unpaired) electrons. The van der Waals surface area contributed by atoms with Gasteiger partial charge in [-0.1, -0.05) is 6.07 Å². The van der Waals surface area contributed by atoms with Crippen molar-refractivity contribution in [2.45, 2.75) is 32.7 Å². The number of piperidine rings is 1. The van der Waals surface area contributed by atoms with E-state index in [1.54, 1.807) is 4.90 Å². The number of benzene rings is 1. The van der Waals surface area contributed by atoms with Crippen molar-refractivity contribution in [3.63, 3.8) is 0 Å². The summed E-state index contributed by atoms with van der Waals surface area (Å²) in [5.41, 5.74) is 3.09. The third-order valence-corrected chi connectivity index (χ3v) is 4.75. The van der Waals surface area contributed by atoms with Crippen LogP contribution in [0.1, 0.15) is 24.0 Å². The highest BCUT2D eigenvalue weighted by atomic mass is 16.2. The molecule has 128 valence electrons. The Bertz CT molecular complexity index is 664. The molecule has 2 aliphatic heterocycles. The van der Waals surface area contributed by atoms with Gasteiger partial charge in [0, 0.05) is 24.8 Å². The second-order valence-electron chi connectivity index (χ2n) is 6.37. The summed E-state index contributed by atoms with van der Waals surface area (Å²) in [6.07, 6.45) is 1.22. The van der Waals surface area contributed by atoms with Gasteiger partial charge in [0.1, 0.15) is 0 Å². The molecular weight excluding hydrogens is 308 g/mol. The maximum atomic E-state index is 12.4. The van der Waals surface area contributed by atoms with Crippen LogP contribution in [-0.2, 0) is 4.79 Å². The first-order valence-corrected chi connectivity index (χ1v) is 8.19. The van der Waals surface area contributed by atoms with E-state index < -0.39 is 0 Å². The molecule has 7 nitrogen and oxygen atoms in total. The van der Waals surface area contributed by atoms with Crippen LogP contribution in [0, 0.1) is 13.8 Å². The molecule has 5 amide bonds. The Balaban J connectivity index is 1.56. The zero-order valence-electron chi connectivity index (χ0n) is 14.0. The fraction of sp³-hybridized carbons (Fsp3) is 0.471. The number of nitrogens with zero attached hydrogens (tertiary/aromatic N) is 2. The second kappa shape index (κ2) is 6.51. The number of aryl methyl sites for hydroxylation is 2. The molecule has 2 fully saturated rings. The summed E-state index contributed by atoms with van der Waals surface area (Å²) < 4.78 is 0. The van der Waals surface area contributed by atoms with Gasteiger partial charge >= 0.3 is 12.1 Å². The van der Waals surface area contributed by atoms with Gasteiger partial charge in [0.25, 0.3) is 0 Å². The van der Waals surface area contributed by atoms with Crippen molar-refractivity contribution in [2.75, 3.05) is 25.0 Å². The molecule has 1 aromatic carbocycles. The first-order valence-electron chi connectivity index (χ1n) is 8.19. The maximum absolute atomic E-state index is 12.4. The Morgan fingerprint density at radius 2 is 1.88 bits per heavy atom. The lowest BCUT2D eigenvalue weighted by molar-refractivity contribution is -0.127. The largest absolute Gasteiger partial charge is 0.329 e. The number of hydrogen-bond donors (Lipinski definition) is 2. The molecule has 7 heteroatoms. The average molecular weight is 330 g/mol. The summed E-state index contributed by atoms with van der Waals surface area (Å²) >= 11 is 0. The number of rotatable bonds is 2.